The number of fused-ring (bicyclic) bond motifs is 3. The van der Waals surface area contributed by atoms with E-state index in [1.54, 1.807) is 4.88 Å². The zero-order valence-corrected chi connectivity index (χ0v) is 12.4. The number of thiophene rings is 1. The molecule has 18 heavy (non-hydrogen) atoms. The maximum atomic E-state index is 2.42. The van der Waals surface area contributed by atoms with Crippen LogP contribution >= 0.6 is 11.3 Å². The number of rotatable bonds is 2. The van der Waals surface area contributed by atoms with Gasteiger partial charge in [0.15, 0.2) is 0 Å². The highest BCUT2D eigenvalue weighted by molar-refractivity contribution is 7.12. The topological polar surface area (TPSA) is 0 Å². The van der Waals surface area contributed by atoms with E-state index in [1.165, 1.54) is 27.1 Å². The highest BCUT2D eigenvalue weighted by Crippen LogP contribution is 2.44. The van der Waals surface area contributed by atoms with E-state index in [-0.39, 0.29) is 0 Å². The van der Waals surface area contributed by atoms with E-state index in [2.05, 4.69) is 52.0 Å². The summed E-state index contributed by atoms with van der Waals surface area (Å²) in [6.07, 6.45) is 1.14. The molecule has 0 aliphatic heterocycles. The molecule has 0 spiro atoms. The third-order valence-corrected chi connectivity index (χ3v) is 5.27. The predicted octanol–water partition coefficient (Wildman–Crippen LogP) is 5.57. The first-order valence-corrected chi connectivity index (χ1v) is 7.63. The Labute approximate surface area is 114 Å². The molecule has 0 nitrogen and oxygen atoms in total. The fourth-order valence-corrected chi connectivity index (χ4v) is 3.83. The summed E-state index contributed by atoms with van der Waals surface area (Å²) in [4.78, 5) is 3.09. The first kappa shape index (κ1) is 12.0. The van der Waals surface area contributed by atoms with Crippen molar-refractivity contribution in [3.63, 3.8) is 0 Å². The molecule has 0 atom stereocenters. The first-order chi connectivity index (χ1) is 8.56. The van der Waals surface area contributed by atoms with Crippen LogP contribution in [0.4, 0.5) is 0 Å². The van der Waals surface area contributed by atoms with Crippen LogP contribution in [0, 0.1) is 0 Å². The quantitative estimate of drug-likeness (QED) is 0.562. The van der Waals surface area contributed by atoms with E-state index in [0.717, 1.165) is 6.42 Å². The fraction of sp³-hybridized carbons (Fsp3) is 0.412. The minimum absolute atomic E-state index is 0.613. The molecule has 0 N–H and O–H groups in total. The van der Waals surface area contributed by atoms with Gasteiger partial charge in [-0.3, -0.25) is 0 Å². The van der Waals surface area contributed by atoms with Gasteiger partial charge in [0.1, 0.15) is 0 Å². The van der Waals surface area contributed by atoms with Crippen molar-refractivity contribution in [3.8, 4) is 11.1 Å². The van der Waals surface area contributed by atoms with Crippen LogP contribution in [-0.2, 0) is 6.42 Å². The van der Waals surface area contributed by atoms with Crippen LogP contribution in [-0.4, -0.2) is 0 Å². The van der Waals surface area contributed by atoms with Crippen molar-refractivity contribution in [1.82, 2.24) is 0 Å². The molecule has 0 bridgehead atoms. The van der Waals surface area contributed by atoms with Gasteiger partial charge in [0.25, 0.3) is 0 Å². The Hall–Kier alpha value is -1.08. The van der Waals surface area contributed by atoms with Gasteiger partial charge in [-0.05, 0) is 40.2 Å². The van der Waals surface area contributed by atoms with Crippen LogP contribution in [0.15, 0.2) is 24.3 Å². The lowest BCUT2D eigenvalue weighted by Gasteiger charge is -2.08. The Bertz CT molecular complexity index is 588. The highest BCUT2D eigenvalue weighted by atomic mass is 32.1. The van der Waals surface area contributed by atoms with Crippen molar-refractivity contribution in [3.05, 3.63) is 45.1 Å². The molecule has 0 amide bonds. The molecule has 1 aromatic carbocycles. The van der Waals surface area contributed by atoms with E-state index in [1.807, 2.05) is 11.3 Å². The van der Waals surface area contributed by atoms with Crippen LogP contribution < -0.4 is 0 Å². The van der Waals surface area contributed by atoms with E-state index in [9.17, 15) is 0 Å². The third-order valence-electron chi connectivity index (χ3n) is 3.84. The van der Waals surface area contributed by atoms with Gasteiger partial charge in [-0.25, -0.2) is 0 Å². The standard InChI is InChI=1S/C17H20S/c1-10(2)12-5-6-13-8-17-15(14(13)7-12)9-16(18-17)11(3)4/h5-7,9-11H,8H2,1-4H3. The van der Waals surface area contributed by atoms with E-state index in [4.69, 9.17) is 0 Å². The predicted molar refractivity (Wildman–Crippen MR) is 80.7 cm³/mol. The molecular formula is C17H20S. The highest BCUT2D eigenvalue weighted by Gasteiger charge is 2.22. The van der Waals surface area contributed by atoms with E-state index < -0.39 is 0 Å². The van der Waals surface area contributed by atoms with Crippen molar-refractivity contribution in [1.29, 1.82) is 0 Å². The molecule has 0 saturated carbocycles. The lowest BCUT2D eigenvalue weighted by atomic mass is 9.97. The van der Waals surface area contributed by atoms with Crippen molar-refractivity contribution in [2.75, 3.05) is 0 Å². The smallest absolute Gasteiger partial charge is 0.0171 e. The molecule has 1 aliphatic carbocycles. The Morgan fingerprint density at radius 1 is 0.944 bits per heavy atom. The van der Waals surface area contributed by atoms with Gasteiger partial charge in [0.05, 0.1) is 0 Å². The molecule has 1 aliphatic rings. The Kier molecular flexibility index (Phi) is 2.82. The van der Waals surface area contributed by atoms with Gasteiger partial charge in [-0.1, -0.05) is 45.9 Å². The van der Waals surface area contributed by atoms with Crippen LogP contribution in [0.2, 0.25) is 0 Å². The Balaban J connectivity index is 2.10. The number of hydrogen-bond donors (Lipinski definition) is 0. The minimum atomic E-state index is 0.613. The molecule has 3 rings (SSSR count). The van der Waals surface area contributed by atoms with Crippen LogP contribution in [0.25, 0.3) is 11.1 Å². The normalized spacial score (nSPS) is 13.2. The van der Waals surface area contributed by atoms with Crippen molar-refractivity contribution >= 4 is 11.3 Å². The summed E-state index contributed by atoms with van der Waals surface area (Å²) >= 11 is 2.00. The summed E-state index contributed by atoms with van der Waals surface area (Å²) in [6, 6.07) is 9.44. The van der Waals surface area contributed by atoms with Gasteiger partial charge >= 0.3 is 0 Å². The van der Waals surface area contributed by atoms with Gasteiger partial charge in [-0.2, -0.15) is 0 Å². The zero-order chi connectivity index (χ0) is 12.9. The fourth-order valence-electron chi connectivity index (χ4n) is 2.62. The number of benzene rings is 1. The molecular weight excluding hydrogens is 236 g/mol. The molecule has 94 valence electrons. The van der Waals surface area contributed by atoms with Gasteiger partial charge in [-0.15, -0.1) is 11.3 Å². The van der Waals surface area contributed by atoms with Gasteiger partial charge in [0.2, 0.25) is 0 Å². The second-order valence-electron chi connectivity index (χ2n) is 5.89. The van der Waals surface area contributed by atoms with Crippen LogP contribution in [0.1, 0.15) is 60.4 Å². The summed E-state index contributed by atoms with van der Waals surface area (Å²) in [7, 11) is 0. The van der Waals surface area contributed by atoms with E-state index >= 15 is 0 Å². The molecule has 2 aromatic rings. The lowest BCUT2D eigenvalue weighted by molar-refractivity contribution is 0.866. The summed E-state index contributed by atoms with van der Waals surface area (Å²) < 4.78 is 0. The van der Waals surface area contributed by atoms with Crippen molar-refractivity contribution < 1.29 is 0 Å². The average molecular weight is 256 g/mol. The Morgan fingerprint density at radius 2 is 1.72 bits per heavy atom. The SMILES string of the molecule is CC(C)c1ccc2c(c1)-c1cc(C(C)C)sc1C2. The molecule has 0 radical (unpaired) electrons. The molecule has 0 fully saturated rings. The maximum absolute atomic E-state index is 2.42. The van der Waals surface area contributed by atoms with Crippen molar-refractivity contribution in [2.45, 2.75) is 46.0 Å². The first-order valence-electron chi connectivity index (χ1n) is 6.82. The van der Waals surface area contributed by atoms with Crippen LogP contribution in [0.5, 0.6) is 0 Å². The summed E-state index contributed by atoms with van der Waals surface area (Å²) in [5, 5.41) is 0. The second-order valence-corrected chi connectivity index (χ2v) is 7.06. The summed E-state index contributed by atoms with van der Waals surface area (Å²) in [6.45, 7) is 9.11. The molecule has 1 aromatic heterocycles. The van der Waals surface area contributed by atoms with E-state index in [0.29, 0.717) is 11.8 Å². The lowest BCUT2D eigenvalue weighted by Crippen LogP contribution is -1.89. The molecule has 1 heterocycles. The average Bonchev–Trinajstić information content (AvgIpc) is 2.84. The molecule has 0 unspecified atom stereocenters. The Morgan fingerprint density at radius 3 is 2.39 bits per heavy atom. The van der Waals surface area contributed by atoms with Crippen LogP contribution in [0.3, 0.4) is 0 Å². The number of hydrogen-bond acceptors (Lipinski definition) is 1. The minimum Gasteiger partial charge on any atom is -0.144 e. The van der Waals surface area contributed by atoms with Crippen molar-refractivity contribution in [2.24, 2.45) is 0 Å². The van der Waals surface area contributed by atoms with Gasteiger partial charge < -0.3 is 0 Å². The maximum Gasteiger partial charge on any atom is 0.0171 e. The monoisotopic (exact) mass is 256 g/mol. The largest absolute Gasteiger partial charge is 0.144 e. The summed E-state index contributed by atoms with van der Waals surface area (Å²) in [5.41, 5.74) is 5.95. The zero-order valence-electron chi connectivity index (χ0n) is 11.6. The van der Waals surface area contributed by atoms with Gasteiger partial charge in [0, 0.05) is 16.2 Å². The molecule has 1 heteroatoms. The third kappa shape index (κ3) is 1.81. The molecule has 0 saturated heterocycles. The second kappa shape index (κ2) is 4.24. The summed E-state index contributed by atoms with van der Waals surface area (Å²) in [5.74, 6) is 1.26.